The lowest BCUT2D eigenvalue weighted by atomic mass is 9.93. The number of amides is 2. The second kappa shape index (κ2) is 10.6. The van der Waals surface area contributed by atoms with Crippen LogP contribution in [0.15, 0.2) is 82.9 Å². The van der Waals surface area contributed by atoms with Crippen LogP contribution in [0.1, 0.15) is 24.9 Å². The Morgan fingerprint density at radius 1 is 1.13 bits per heavy atom. The van der Waals surface area contributed by atoms with Crippen molar-refractivity contribution in [3.05, 3.63) is 93.7 Å². The summed E-state index contributed by atoms with van der Waals surface area (Å²) >= 11 is 0. The Morgan fingerprint density at radius 2 is 1.82 bits per heavy atom. The van der Waals surface area contributed by atoms with E-state index in [2.05, 4.69) is 5.32 Å². The van der Waals surface area contributed by atoms with Crippen molar-refractivity contribution < 1.29 is 28.0 Å². The zero-order valence-electron chi connectivity index (χ0n) is 20.7. The Labute approximate surface area is 219 Å². The summed E-state index contributed by atoms with van der Waals surface area (Å²) in [6, 6.07) is 16.0. The van der Waals surface area contributed by atoms with E-state index in [1.54, 1.807) is 18.2 Å². The van der Waals surface area contributed by atoms with Gasteiger partial charge in [0.15, 0.2) is 0 Å². The highest BCUT2D eigenvalue weighted by Gasteiger charge is 2.38. The maximum absolute atomic E-state index is 13.3. The Morgan fingerprint density at radius 3 is 2.53 bits per heavy atom. The minimum Gasteiger partial charge on any atom is -0.478 e. The van der Waals surface area contributed by atoms with Crippen molar-refractivity contribution in [2.45, 2.75) is 24.3 Å². The maximum Gasteiger partial charge on any atom is 0.335 e. The number of carboxylic acid groups (broad SMARTS) is 1. The molecule has 0 aliphatic carbocycles. The van der Waals surface area contributed by atoms with Gasteiger partial charge < -0.3 is 15.3 Å². The van der Waals surface area contributed by atoms with Crippen LogP contribution >= 0.6 is 0 Å². The SMILES string of the molecule is CC1=C(C(=O)O)C(c2cccc([N+](=O)[O-])c2)N(CCCN(C)S(=O)(=O)c2cccc3ccccc23)C(=O)N1. The molecule has 1 heterocycles. The average Bonchev–Trinajstić information content (AvgIpc) is 2.88. The molecule has 12 heteroatoms. The third-order valence-electron chi connectivity index (χ3n) is 6.48. The van der Waals surface area contributed by atoms with Gasteiger partial charge in [-0.3, -0.25) is 10.1 Å². The van der Waals surface area contributed by atoms with Gasteiger partial charge in [-0.25, -0.2) is 22.3 Å². The third-order valence-corrected chi connectivity index (χ3v) is 8.40. The standard InChI is InChI=1S/C26H26N4O7S/c1-17-23(25(31)32)24(19-10-5-11-20(16-19)30(34)35)29(26(33)27-17)15-7-14-28(2)38(36,37)22-13-6-9-18-8-3-4-12-21(18)22/h3-6,8-13,16,24H,7,14-15H2,1-2H3,(H,27,33)(H,31,32). The van der Waals surface area contributed by atoms with E-state index in [1.165, 1.54) is 53.5 Å². The smallest absolute Gasteiger partial charge is 0.335 e. The molecule has 198 valence electrons. The van der Waals surface area contributed by atoms with Crippen LogP contribution in [0.4, 0.5) is 10.5 Å². The van der Waals surface area contributed by atoms with Crippen LogP contribution in [0.2, 0.25) is 0 Å². The Kier molecular flexibility index (Phi) is 7.46. The van der Waals surface area contributed by atoms with Crippen molar-refractivity contribution in [3.63, 3.8) is 0 Å². The number of fused-ring (bicyclic) bond motifs is 1. The first-order valence-electron chi connectivity index (χ1n) is 11.7. The molecule has 0 bridgehead atoms. The van der Waals surface area contributed by atoms with Crippen LogP contribution in [0, 0.1) is 10.1 Å². The van der Waals surface area contributed by atoms with Gasteiger partial charge in [0.2, 0.25) is 10.0 Å². The molecule has 4 rings (SSSR count). The van der Waals surface area contributed by atoms with Crippen molar-refractivity contribution >= 4 is 38.5 Å². The van der Waals surface area contributed by atoms with Crippen LogP contribution < -0.4 is 5.32 Å². The normalized spacial score (nSPS) is 16.1. The number of hydrogen-bond donors (Lipinski definition) is 2. The number of allylic oxidation sites excluding steroid dienone is 1. The first kappa shape index (κ1) is 26.8. The number of urea groups is 1. The van der Waals surface area contributed by atoms with Crippen LogP contribution in [0.5, 0.6) is 0 Å². The molecule has 0 fully saturated rings. The number of benzene rings is 3. The summed E-state index contributed by atoms with van der Waals surface area (Å²) in [6.45, 7) is 1.49. The summed E-state index contributed by atoms with van der Waals surface area (Å²) in [5.74, 6) is -1.28. The molecule has 38 heavy (non-hydrogen) atoms. The van der Waals surface area contributed by atoms with Crippen LogP contribution in [-0.4, -0.2) is 59.8 Å². The molecule has 3 aromatic carbocycles. The highest BCUT2D eigenvalue weighted by atomic mass is 32.2. The molecule has 0 saturated heterocycles. The molecule has 11 nitrogen and oxygen atoms in total. The van der Waals surface area contributed by atoms with E-state index < -0.39 is 33.0 Å². The molecular weight excluding hydrogens is 512 g/mol. The van der Waals surface area contributed by atoms with Gasteiger partial charge in [-0.15, -0.1) is 0 Å². The molecule has 0 spiro atoms. The van der Waals surface area contributed by atoms with Gasteiger partial charge in [0.25, 0.3) is 5.69 Å². The zero-order valence-corrected chi connectivity index (χ0v) is 21.5. The fraction of sp³-hybridized carbons (Fsp3) is 0.231. The summed E-state index contributed by atoms with van der Waals surface area (Å²) in [4.78, 5) is 37.2. The number of sulfonamides is 1. The van der Waals surface area contributed by atoms with E-state index in [9.17, 15) is 33.2 Å². The second-order valence-corrected chi connectivity index (χ2v) is 10.9. The lowest BCUT2D eigenvalue weighted by molar-refractivity contribution is -0.384. The van der Waals surface area contributed by atoms with Crippen molar-refractivity contribution in [3.8, 4) is 0 Å². The first-order valence-corrected chi connectivity index (χ1v) is 13.2. The van der Waals surface area contributed by atoms with Crippen molar-refractivity contribution in [2.24, 2.45) is 0 Å². The molecule has 1 aliphatic rings. The lowest BCUT2D eigenvalue weighted by Crippen LogP contribution is -2.49. The van der Waals surface area contributed by atoms with Gasteiger partial charge in [-0.1, -0.05) is 48.5 Å². The van der Waals surface area contributed by atoms with E-state index >= 15 is 0 Å². The quantitative estimate of drug-likeness (QED) is 0.310. The van der Waals surface area contributed by atoms with Gasteiger partial charge >= 0.3 is 12.0 Å². The molecule has 1 aliphatic heterocycles. The number of nitrogens with one attached hydrogen (secondary N) is 1. The summed E-state index contributed by atoms with van der Waals surface area (Å²) in [5, 5.41) is 25.1. The number of nitro groups is 1. The summed E-state index contributed by atoms with van der Waals surface area (Å²) in [5.41, 5.74) is 0.0343. The second-order valence-electron chi connectivity index (χ2n) is 8.88. The predicted octanol–water partition coefficient (Wildman–Crippen LogP) is 3.88. The molecule has 1 atom stereocenters. The highest BCUT2D eigenvalue weighted by molar-refractivity contribution is 7.89. The third kappa shape index (κ3) is 5.08. The van der Waals surface area contributed by atoms with Crippen molar-refractivity contribution in [1.29, 1.82) is 0 Å². The number of hydrogen-bond acceptors (Lipinski definition) is 6. The molecule has 2 amide bonds. The number of rotatable bonds is 9. The van der Waals surface area contributed by atoms with Crippen LogP contribution in [0.3, 0.4) is 0 Å². The molecule has 0 aromatic heterocycles. The molecule has 2 N–H and O–H groups in total. The number of carbonyl (C=O) groups is 2. The highest BCUT2D eigenvalue weighted by Crippen LogP contribution is 2.35. The van der Waals surface area contributed by atoms with E-state index in [1.807, 2.05) is 18.2 Å². The molecular formula is C26H26N4O7S. The molecule has 1 unspecified atom stereocenters. The van der Waals surface area contributed by atoms with E-state index in [-0.39, 0.29) is 46.9 Å². The number of nitro benzene ring substituents is 1. The monoisotopic (exact) mass is 538 g/mol. The first-order chi connectivity index (χ1) is 18.0. The van der Waals surface area contributed by atoms with Crippen LogP contribution in [-0.2, 0) is 14.8 Å². The zero-order chi connectivity index (χ0) is 27.6. The van der Waals surface area contributed by atoms with Crippen molar-refractivity contribution in [2.75, 3.05) is 20.1 Å². The lowest BCUT2D eigenvalue weighted by Gasteiger charge is -2.37. The number of carboxylic acids is 1. The largest absolute Gasteiger partial charge is 0.478 e. The number of nitrogens with zero attached hydrogens (tertiary/aromatic N) is 3. The minimum atomic E-state index is -3.86. The number of aliphatic carboxylic acids is 1. The molecule has 3 aromatic rings. The van der Waals surface area contributed by atoms with Crippen molar-refractivity contribution in [1.82, 2.24) is 14.5 Å². The molecule has 0 radical (unpaired) electrons. The summed E-state index contributed by atoms with van der Waals surface area (Å²) in [7, 11) is -2.42. The molecule has 0 saturated carbocycles. The van der Waals surface area contributed by atoms with Gasteiger partial charge in [0.1, 0.15) is 0 Å². The van der Waals surface area contributed by atoms with E-state index in [0.717, 1.165) is 5.39 Å². The maximum atomic E-state index is 13.3. The minimum absolute atomic E-state index is 0.00134. The number of non-ortho nitro benzene ring substituents is 1. The Hall–Kier alpha value is -4.29. The topological polar surface area (TPSA) is 150 Å². The Balaban J connectivity index is 1.59. The van der Waals surface area contributed by atoms with E-state index in [0.29, 0.717) is 5.39 Å². The summed E-state index contributed by atoms with van der Waals surface area (Å²) in [6.07, 6.45) is 0.186. The summed E-state index contributed by atoms with van der Waals surface area (Å²) < 4.78 is 27.9. The van der Waals surface area contributed by atoms with E-state index in [4.69, 9.17) is 0 Å². The van der Waals surface area contributed by atoms with Crippen LogP contribution in [0.25, 0.3) is 10.8 Å². The fourth-order valence-corrected chi connectivity index (χ4v) is 6.03. The Bertz CT molecular complexity index is 1560. The predicted molar refractivity (Wildman–Crippen MR) is 140 cm³/mol. The fourth-order valence-electron chi connectivity index (χ4n) is 4.61. The average molecular weight is 539 g/mol. The van der Waals surface area contributed by atoms with Gasteiger partial charge in [0, 0.05) is 43.4 Å². The van der Waals surface area contributed by atoms with Gasteiger partial charge in [-0.2, -0.15) is 0 Å². The number of carbonyl (C=O) groups excluding carboxylic acids is 1. The van der Waals surface area contributed by atoms with Gasteiger partial charge in [0.05, 0.1) is 21.4 Å². The van der Waals surface area contributed by atoms with Gasteiger partial charge in [-0.05, 0) is 30.4 Å².